The fourth-order valence-corrected chi connectivity index (χ4v) is 14.0. The van der Waals surface area contributed by atoms with Gasteiger partial charge in [-0.05, 0) is 131 Å². The maximum atomic E-state index is 6.61. The molecule has 0 fully saturated rings. The first-order valence-corrected chi connectivity index (χ1v) is 26.3. The van der Waals surface area contributed by atoms with Gasteiger partial charge in [-0.15, -0.1) is 11.3 Å². The number of furan rings is 2. The molecule has 0 spiro atoms. The van der Waals surface area contributed by atoms with Gasteiger partial charge in [0.2, 0.25) is 0 Å². The monoisotopic (exact) mass is 945 g/mol. The Balaban J connectivity index is 0.894. The van der Waals surface area contributed by atoms with Crippen LogP contribution in [0.25, 0.3) is 60.4 Å². The molecule has 0 N–H and O–H groups in total. The molecule has 4 aliphatic rings. The molecule has 0 atom stereocenters. The van der Waals surface area contributed by atoms with Crippen molar-refractivity contribution in [1.82, 2.24) is 0 Å². The molecule has 10 aromatic rings. The summed E-state index contributed by atoms with van der Waals surface area (Å²) < 4.78 is 14.5. The zero-order valence-corrected chi connectivity index (χ0v) is 40.9. The third kappa shape index (κ3) is 6.62. The average Bonchev–Trinajstić information content (AvgIpc) is 4.21. The van der Waals surface area contributed by atoms with Crippen LogP contribution in [0.15, 0.2) is 238 Å². The SMILES string of the molecule is C=CC1=C(/C=C\CN(c2ccc(C3=CCCc4c3oc3c4CCC=C3)cc2)c2ccc(-c3cccc4c3oc3ccccc34)cc2)C(c2ccccc2)(c2ccccc2)C2=C1c1sc3ccccc3c1CC2. The highest BCUT2D eigenvalue weighted by molar-refractivity contribution is 7.20. The highest BCUT2D eigenvalue weighted by Crippen LogP contribution is 2.61. The molecule has 7 aromatic carbocycles. The number of hydrogen-bond donors (Lipinski definition) is 0. The molecule has 0 amide bonds. The predicted molar refractivity (Wildman–Crippen MR) is 301 cm³/mol. The summed E-state index contributed by atoms with van der Waals surface area (Å²) in [7, 11) is 0. The zero-order valence-electron chi connectivity index (χ0n) is 40.0. The highest BCUT2D eigenvalue weighted by atomic mass is 32.1. The van der Waals surface area contributed by atoms with Crippen LogP contribution < -0.4 is 4.90 Å². The van der Waals surface area contributed by atoms with E-state index in [0.29, 0.717) is 6.54 Å². The summed E-state index contributed by atoms with van der Waals surface area (Å²) in [4.78, 5) is 3.83. The van der Waals surface area contributed by atoms with E-state index in [1.54, 1.807) is 0 Å². The normalized spacial score (nSPS) is 15.8. The molecule has 3 nitrogen and oxygen atoms in total. The number of nitrogens with zero attached hydrogens (tertiary/aromatic N) is 1. The Hall–Kier alpha value is -8.18. The molecule has 3 aromatic heterocycles. The number of hydrogen-bond acceptors (Lipinski definition) is 4. The van der Waals surface area contributed by atoms with Crippen LogP contribution in [0.2, 0.25) is 0 Å². The van der Waals surface area contributed by atoms with Crippen LogP contribution >= 0.6 is 11.3 Å². The molecular weight excluding hydrogens is 895 g/mol. The highest BCUT2D eigenvalue weighted by Gasteiger charge is 2.49. The third-order valence-electron chi connectivity index (χ3n) is 15.8. The van der Waals surface area contributed by atoms with Crippen molar-refractivity contribution in [3.63, 3.8) is 0 Å². The molecule has 0 bridgehead atoms. The molecule has 0 aliphatic heterocycles. The van der Waals surface area contributed by atoms with Gasteiger partial charge in [-0.25, -0.2) is 0 Å². The second-order valence-corrected chi connectivity index (χ2v) is 20.6. The van der Waals surface area contributed by atoms with Crippen LogP contribution in [-0.2, 0) is 24.7 Å². The van der Waals surface area contributed by atoms with Crippen molar-refractivity contribution in [2.45, 2.75) is 43.9 Å². The quantitative estimate of drug-likeness (QED) is 0.137. The molecule has 0 radical (unpaired) electrons. The number of rotatable bonds is 10. The van der Waals surface area contributed by atoms with Crippen LogP contribution in [0.4, 0.5) is 11.4 Å². The number of fused-ring (bicyclic) bond motifs is 10. The van der Waals surface area contributed by atoms with Crippen LogP contribution in [0.5, 0.6) is 0 Å². The van der Waals surface area contributed by atoms with Crippen LogP contribution in [0.3, 0.4) is 0 Å². The van der Waals surface area contributed by atoms with Gasteiger partial charge in [-0.3, -0.25) is 0 Å². The van der Waals surface area contributed by atoms with Gasteiger partial charge in [0.15, 0.2) is 0 Å². The zero-order chi connectivity index (χ0) is 47.8. The topological polar surface area (TPSA) is 29.5 Å². The summed E-state index contributed by atoms with van der Waals surface area (Å²) in [6.07, 6.45) is 19.9. The summed E-state index contributed by atoms with van der Waals surface area (Å²) in [6.45, 7) is 5.23. The lowest BCUT2D eigenvalue weighted by Crippen LogP contribution is -2.31. The molecule has 0 unspecified atom stereocenters. The fraction of sp³-hybridized carbons (Fsp3) is 0.118. The number of benzene rings is 7. The maximum absolute atomic E-state index is 6.61. The Labute approximate surface area is 424 Å². The van der Waals surface area contributed by atoms with Gasteiger partial charge in [0, 0.05) is 66.1 Å². The number of anilines is 2. The minimum Gasteiger partial charge on any atom is -0.456 e. The van der Waals surface area contributed by atoms with E-state index in [1.165, 1.54) is 76.2 Å². The molecule has 14 rings (SSSR count). The molecule has 0 saturated carbocycles. The van der Waals surface area contributed by atoms with E-state index in [1.807, 2.05) is 17.4 Å². The lowest BCUT2D eigenvalue weighted by molar-refractivity contribution is 0.534. The summed E-state index contributed by atoms with van der Waals surface area (Å²) in [5, 5.41) is 3.65. The number of aryl methyl sites for hydroxylation is 1. The van der Waals surface area contributed by atoms with Crippen LogP contribution in [0.1, 0.15) is 69.0 Å². The second kappa shape index (κ2) is 17.3. The lowest BCUT2D eigenvalue weighted by Gasteiger charge is -2.38. The third-order valence-corrected chi connectivity index (χ3v) is 17.0. The van der Waals surface area contributed by atoms with E-state index < -0.39 is 5.41 Å². The summed E-state index contributed by atoms with van der Waals surface area (Å²) >= 11 is 1.94. The van der Waals surface area contributed by atoms with E-state index in [-0.39, 0.29) is 0 Å². The molecule has 346 valence electrons. The van der Waals surface area contributed by atoms with E-state index >= 15 is 0 Å². The number of thiophene rings is 1. The van der Waals surface area contributed by atoms with Crippen molar-refractivity contribution in [2.24, 2.45) is 0 Å². The van der Waals surface area contributed by atoms with Crippen LogP contribution in [0, 0.1) is 0 Å². The Kier molecular flexibility index (Phi) is 10.3. The summed E-state index contributed by atoms with van der Waals surface area (Å²) in [5.74, 6) is 2.08. The smallest absolute Gasteiger partial charge is 0.143 e. The van der Waals surface area contributed by atoms with E-state index in [2.05, 4.69) is 218 Å². The summed E-state index contributed by atoms with van der Waals surface area (Å²) in [5.41, 5.74) is 20.2. The van der Waals surface area contributed by atoms with Gasteiger partial charge in [0.1, 0.15) is 22.7 Å². The first-order chi connectivity index (χ1) is 35.7. The molecule has 3 heterocycles. The fourth-order valence-electron chi connectivity index (χ4n) is 12.6. The van der Waals surface area contributed by atoms with Crippen LogP contribution in [-0.4, -0.2) is 6.54 Å². The van der Waals surface area contributed by atoms with E-state index in [4.69, 9.17) is 8.83 Å². The molecule has 0 saturated heterocycles. The largest absolute Gasteiger partial charge is 0.456 e. The van der Waals surface area contributed by atoms with Gasteiger partial charge >= 0.3 is 0 Å². The molecule has 4 aliphatic carbocycles. The van der Waals surface area contributed by atoms with Crippen molar-refractivity contribution < 1.29 is 8.83 Å². The van der Waals surface area contributed by atoms with Crippen molar-refractivity contribution in [2.75, 3.05) is 11.4 Å². The second-order valence-electron chi connectivity index (χ2n) is 19.5. The van der Waals surface area contributed by atoms with Gasteiger partial charge in [0.05, 0.1) is 5.41 Å². The van der Waals surface area contributed by atoms with Gasteiger partial charge in [-0.2, -0.15) is 0 Å². The van der Waals surface area contributed by atoms with Crippen molar-refractivity contribution in [3.05, 3.63) is 279 Å². The first kappa shape index (κ1) is 42.7. The number of allylic oxidation sites excluding steroid dienone is 8. The minimum absolute atomic E-state index is 0.509. The molecular formula is C68H51NO2S. The standard InChI is InChI=1S/C68H51NO2S/c1-2-50-59(68(46-18-5-3-6-19-46,47-20-7-4-8-21-47)60-42-41-58-55-24-11-14-32-63(55)72-67(58)64(50)60)29-17-43-69(48-37-33-44(34-38-48)51-25-15-27-56-53-22-9-12-30-61(53)70-65(51)56)49-39-35-45(36-40-49)52-26-16-28-57-54-23-10-13-31-62(54)71-66(52)57/h2-9,11-15,17-22,24-27,29-40H,1,10,16,23,28,41-43H2/b29-17-. The maximum Gasteiger partial charge on any atom is 0.143 e. The lowest BCUT2D eigenvalue weighted by atomic mass is 9.64. The molecule has 72 heavy (non-hydrogen) atoms. The Morgan fingerprint density at radius 3 is 2.04 bits per heavy atom. The van der Waals surface area contributed by atoms with E-state index in [9.17, 15) is 0 Å². The first-order valence-electron chi connectivity index (χ1n) is 25.5. The van der Waals surface area contributed by atoms with Gasteiger partial charge in [-0.1, -0.05) is 176 Å². The van der Waals surface area contributed by atoms with Gasteiger partial charge < -0.3 is 13.7 Å². The van der Waals surface area contributed by atoms with Crippen molar-refractivity contribution in [1.29, 1.82) is 0 Å². The minimum atomic E-state index is -0.509. The Bertz CT molecular complexity index is 3900. The predicted octanol–water partition coefficient (Wildman–Crippen LogP) is 18.0. The number of para-hydroxylation sites is 2. The average molecular weight is 946 g/mol. The van der Waals surface area contributed by atoms with Crippen molar-refractivity contribution in [3.8, 4) is 11.1 Å². The van der Waals surface area contributed by atoms with E-state index in [0.717, 1.165) is 94.5 Å². The summed E-state index contributed by atoms with van der Waals surface area (Å²) in [6, 6.07) is 64.3. The Morgan fingerprint density at radius 1 is 0.597 bits per heavy atom. The van der Waals surface area contributed by atoms with Crippen molar-refractivity contribution >= 4 is 72.0 Å². The van der Waals surface area contributed by atoms with Gasteiger partial charge in [0.25, 0.3) is 0 Å². The Morgan fingerprint density at radius 2 is 1.28 bits per heavy atom. The molecule has 4 heteroatoms.